The molecule has 0 heterocycles. The standard InChI is InChI=1S/C6H9BrO3.C3H6O2.2K.2H/c1-3-5(8)10-6(9)4(2)7;1-2-3(4)5;;;;/h4H,3H2,1-2H3;2H2,1H3,(H,4,5);;;;. The van der Waals surface area contributed by atoms with E-state index in [4.69, 9.17) is 5.11 Å². The van der Waals surface area contributed by atoms with Gasteiger partial charge in [0, 0.05) is 12.8 Å². The van der Waals surface area contributed by atoms with Crippen molar-refractivity contribution in [1.82, 2.24) is 0 Å². The molecule has 1 atom stereocenters. The van der Waals surface area contributed by atoms with Crippen LogP contribution in [0.15, 0.2) is 0 Å². The molecular weight excluding hydrogens is 346 g/mol. The van der Waals surface area contributed by atoms with Crippen LogP contribution in [0.4, 0.5) is 0 Å². The first kappa shape index (κ1) is 27.7. The van der Waals surface area contributed by atoms with Crippen molar-refractivity contribution in [3.05, 3.63) is 0 Å². The first-order chi connectivity index (χ1) is 6.84. The summed E-state index contributed by atoms with van der Waals surface area (Å²) in [5.41, 5.74) is 0. The van der Waals surface area contributed by atoms with Crippen LogP contribution in [0.25, 0.3) is 0 Å². The number of esters is 2. The van der Waals surface area contributed by atoms with Gasteiger partial charge in [-0.05, 0) is 6.92 Å². The summed E-state index contributed by atoms with van der Waals surface area (Å²) >= 11 is 2.97. The number of hydrogen-bond donors (Lipinski definition) is 1. The molecule has 0 radical (unpaired) electrons. The van der Waals surface area contributed by atoms with E-state index in [1.807, 2.05) is 0 Å². The molecule has 0 saturated heterocycles. The Morgan fingerprint density at radius 1 is 1.18 bits per heavy atom. The molecule has 0 fully saturated rings. The van der Waals surface area contributed by atoms with Gasteiger partial charge in [-0.2, -0.15) is 0 Å². The molecule has 17 heavy (non-hydrogen) atoms. The zero-order valence-corrected chi connectivity index (χ0v) is 10.5. The van der Waals surface area contributed by atoms with Crippen LogP contribution in [0, 0.1) is 0 Å². The van der Waals surface area contributed by atoms with Crippen LogP contribution < -0.4 is 0 Å². The summed E-state index contributed by atoms with van der Waals surface area (Å²) in [5.74, 6) is -1.77. The van der Waals surface area contributed by atoms with Crippen molar-refractivity contribution >= 4 is 137 Å². The van der Waals surface area contributed by atoms with E-state index < -0.39 is 22.7 Å². The fourth-order valence-electron chi connectivity index (χ4n) is 0.266. The van der Waals surface area contributed by atoms with E-state index in [0.717, 1.165) is 0 Å². The summed E-state index contributed by atoms with van der Waals surface area (Å²) in [7, 11) is 0. The third-order valence-corrected chi connectivity index (χ3v) is 1.50. The first-order valence-corrected chi connectivity index (χ1v) is 5.37. The second-order valence-corrected chi connectivity index (χ2v) is 3.88. The summed E-state index contributed by atoms with van der Waals surface area (Å²) in [6.45, 7) is 4.84. The molecule has 0 aliphatic rings. The Balaban J connectivity index is -0.000000105. The van der Waals surface area contributed by atoms with E-state index in [1.165, 1.54) is 0 Å². The van der Waals surface area contributed by atoms with E-state index in [2.05, 4.69) is 20.7 Å². The maximum absolute atomic E-state index is 10.6. The molecule has 5 nitrogen and oxygen atoms in total. The van der Waals surface area contributed by atoms with E-state index in [0.29, 0.717) is 0 Å². The Hall–Kier alpha value is 2.36. The molecule has 0 spiro atoms. The first-order valence-electron chi connectivity index (χ1n) is 4.45. The number of carbonyl (C=O) groups is 3. The van der Waals surface area contributed by atoms with Crippen molar-refractivity contribution in [3.63, 3.8) is 0 Å². The number of rotatable bonds is 3. The summed E-state index contributed by atoms with van der Waals surface area (Å²) in [4.78, 5) is 30.0. The Morgan fingerprint density at radius 3 is 1.71 bits per heavy atom. The molecule has 0 aromatic heterocycles. The summed E-state index contributed by atoms with van der Waals surface area (Å²) in [6, 6.07) is 0. The number of alkyl halides is 1. The number of carboxylic acids is 1. The van der Waals surface area contributed by atoms with Gasteiger partial charge in [0.2, 0.25) is 0 Å². The predicted octanol–water partition coefficient (Wildman–Crippen LogP) is 0.434. The Bertz CT molecular complexity index is 233. The third kappa shape index (κ3) is 23.8. The van der Waals surface area contributed by atoms with Gasteiger partial charge in [0.15, 0.2) is 0 Å². The molecular formula is C9H17BrK2O5. The molecule has 0 saturated carbocycles. The van der Waals surface area contributed by atoms with Crippen molar-refractivity contribution in [2.75, 3.05) is 0 Å². The number of carbonyl (C=O) groups excluding carboxylic acids is 2. The van der Waals surface area contributed by atoms with Gasteiger partial charge in [-0.15, -0.1) is 0 Å². The number of halogens is 1. The SMILES string of the molecule is CCC(=O)O.CCC(=O)OC(=O)C(C)Br.[KH].[KH]. The molecule has 1 unspecified atom stereocenters. The third-order valence-electron chi connectivity index (χ3n) is 1.13. The summed E-state index contributed by atoms with van der Waals surface area (Å²) < 4.78 is 4.34. The van der Waals surface area contributed by atoms with Crippen LogP contribution in [0.2, 0.25) is 0 Å². The molecule has 0 aliphatic carbocycles. The number of ether oxygens (including phenoxy) is 1. The normalized spacial score (nSPS) is 9.41. The van der Waals surface area contributed by atoms with Crippen LogP contribution in [-0.4, -0.2) is 131 Å². The molecule has 1 N–H and O–H groups in total. The van der Waals surface area contributed by atoms with Crippen molar-refractivity contribution in [1.29, 1.82) is 0 Å². The molecule has 8 heteroatoms. The second kappa shape index (κ2) is 18.4. The molecule has 0 aromatic carbocycles. The van der Waals surface area contributed by atoms with Crippen molar-refractivity contribution in [2.45, 2.75) is 38.4 Å². The topological polar surface area (TPSA) is 80.7 Å². The quantitative estimate of drug-likeness (QED) is 0.341. The monoisotopic (exact) mass is 362 g/mol. The zero-order valence-electron chi connectivity index (χ0n) is 8.95. The Morgan fingerprint density at radius 2 is 1.53 bits per heavy atom. The van der Waals surface area contributed by atoms with Crippen molar-refractivity contribution in [3.8, 4) is 0 Å². The minimum atomic E-state index is -0.745. The Kier molecular flexibility index (Phi) is 29.9. The van der Waals surface area contributed by atoms with Gasteiger partial charge < -0.3 is 9.84 Å². The van der Waals surface area contributed by atoms with Crippen LogP contribution in [0.3, 0.4) is 0 Å². The second-order valence-electron chi connectivity index (χ2n) is 2.51. The number of carboxylic acid groups (broad SMARTS) is 1. The van der Waals surface area contributed by atoms with Crippen molar-refractivity contribution < 1.29 is 24.2 Å². The van der Waals surface area contributed by atoms with Gasteiger partial charge in [0.05, 0.1) is 0 Å². The maximum atomic E-state index is 10.6. The van der Waals surface area contributed by atoms with E-state index >= 15 is 0 Å². The Labute approximate surface area is 195 Å². The van der Waals surface area contributed by atoms with Crippen LogP contribution >= 0.6 is 15.9 Å². The van der Waals surface area contributed by atoms with E-state index in [-0.39, 0.29) is 116 Å². The van der Waals surface area contributed by atoms with Crippen LogP contribution in [0.5, 0.6) is 0 Å². The zero-order chi connectivity index (χ0) is 12.4. The summed E-state index contributed by atoms with van der Waals surface area (Å²) in [5, 5.41) is 7.72. The summed E-state index contributed by atoms with van der Waals surface area (Å²) in [6.07, 6.45) is 0.450. The van der Waals surface area contributed by atoms with Gasteiger partial charge in [-0.3, -0.25) is 14.4 Å². The fraction of sp³-hybridized carbons (Fsp3) is 0.667. The molecule has 92 valence electrons. The van der Waals surface area contributed by atoms with Gasteiger partial charge in [-0.1, -0.05) is 29.8 Å². The average Bonchev–Trinajstić information content (AvgIpc) is 2.18. The number of aliphatic carboxylic acids is 1. The van der Waals surface area contributed by atoms with Gasteiger partial charge in [-0.25, -0.2) is 0 Å². The van der Waals surface area contributed by atoms with Gasteiger partial charge in [0.1, 0.15) is 4.83 Å². The van der Waals surface area contributed by atoms with Gasteiger partial charge in [0.25, 0.3) is 0 Å². The predicted molar refractivity (Wildman–Crippen MR) is 72.0 cm³/mol. The van der Waals surface area contributed by atoms with Crippen LogP contribution in [-0.2, 0) is 19.1 Å². The van der Waals surface area contributed by atoms with Crippen LogP contribution in [0.1, 0.15) is 33.6 Å². The molecule has 0 rings (SSSR count). The average molecular weight is 363 g/mol. The molecule has 0 aromatic rings. The molecule has 0 aliphatic heterocycles. The van der Waals surface area contributed by atoms with E-state index in [1.54, 1.807) is 20.8 Å². The minimum absolute atomic E-state index is 0. The van der Waals surface area contributed by atoms with E-state index in [9.17, 15) is 14.4 Å². The molecule has 0 amide bonds. The molecule has 0 bridgehead atoms. The van der Waals surface area contributed by atoms with Gasteiger partial charge >= 0.3 is 121 Å². The number of hydrogen-bond acceptors (Lipinski definition) is 4. The fourth-order valence-corrected chi connectivity index (χ4v) is 0.359. The van der Waals surface area contributed by atoms with Crippen molar-refractivity contribution in [2.24, 2.45) is 0 Å².